The van der Waals surface area contributed by atoms with Gasteiger partial charge in [0.05, 0.1) is 19.0 Å². The average Bonchev–Trinajstić information content (AvgIpc) is 3.06. The first-order valence-electron chi connectivity index (χ1n) is 7.14. The highest BCUT2D eigenvalue weighted by Gasteiger charge is 2.36. The van der Waals surface area contributed by atoms with E-state index in [4.69, 9.17) is 9.84 Å². The molecule has 0 unspecified atom stereocenters. The lowest BCUT2D eigenvalue weighted by atomic mass is 10.2. The molecule has 8 nitrogen and oxygen atoms in total. The molecule has 111 valence electrons. The second kappa shape index (κ2) is 4.99. The van der Waals surface area contributed by atoms with Crippen LogP contribution in [-0.2, 0) is 4.74 Å². The Hall–Kier alpha value is -1.61. The number of ether oxygens (including phenoxy) is 1. The van der Waals surface area contributed by atoms with Crippen LogP contribution in [0.15, 0.2) is 12.7 Å². The zero-order valence-corrected chi connectivity index (χ0v) is 11.4. The predicted octanol–water partition coefficient (Wildman–Crippen LogP) is -1.39. The molecule has 2 aliphatic rings. The maximum absolute atomic E-state index is 9.85. The van der Waals surface area contributed by atoms with Gasteiger partial charge in [-0.25, -0.2) is 9.97 Å². The van der Waals surface area contributed by atoms with E-state index in [1.165, 1.54) is 6.33 Å². The third-order valence-electron chi connectivity index (χ3n) is 3.97. The number of hydrogen-bond donors (Lipinski definition) is 3. The Morgan fingerprint density at radius 3 is 2.90 bits per heavy atom. The van der Waals surface area contributed by atoms with Crippen LogP contribution in [0.5, 0.6) is 0 Å². The summed E-state index contributed by atoms with van der Waals surface area (Å²) >= 11 is 0. The summed E-state index contributed by atoms with van der Waals surface area (Å²) in [5.41, 5.74) is 1.37. The lowest BCUT2D eigenvalue weighted by molar-refractivity contribution is -0.588. The summed E-state index contributed by atoms with van der Waals surface area (Å²) in [5, 5.41) is 22.4. The van der Waals surface area contributed by atoms with Crippen molar-refractivity contribution in [1.29, 1.82) is 0 Å². The molecule has 8 heteroatoms. The maximum Gasteiger partial charge on any atom is 0.306 e. The normalized spacial score (nSPS) is 29.3. The van der Waals surface area contributed by atoms with Crippen LogP contribution in [0.4, 0.5) is 5.82 Å². The second-order valence-corrected chi connectivity index (χ2v) is 5.58. The number of imidazole rings is 1. The molecule has 21 heavy (non-hydrogen) atoms. The highest BCUT2D eigenvalue weighted by atomic mass is 16.5. The number of hydrogen-bond acceptors (Lipinski definition) is 7. The quantitative estimate of drug-likeness (QED) is 0.640. The van der Waals surface area contributed by atoms with Crippen molar-refractivity contribution in [2.45, 2.75) is 43.7 Å². The minimum atomic E-state index is -0.677. The van der Waals surface area contributed by atoms with E-state index in [9.17, 15) is 5.11 Å². The molecule has 2 fully saturated rings. The number of nitrogens with zero attached hydrogens (tertiary/aromatic N) is 4. The van der Waals surface area contributed by atoms with Crippen molar-refractivity contribution in [2.24, 2.45) is 0 Å². The fraction of sp³-hybridized carbons (Fsp3) is 0.615. The summed E-state index contributed by atoms with van der Waals surface area (Å²) in [6.45, 7) is -0.201. The molecule has 2 aromatic heterocycles. The van der Waals surface area contributed by atoms with Gasteiger partial charge in [-0.3, -0.25) is 4.57 Å². The van der Waals surface area contributed by atoms with Crippen LogP contribution in [0.3, 0.4) is 0 Å². The van der Waals surface area contributed by atoms with Gasteiger partial charge in [0.15, 0.2) is 11.2 Å². The van der Waals surface area contributed by atoms with Crippen LogP contribution >= 0.6 is 0 Å². The fourth-order valence-corrected chi connectivity index (χ4v) is 2.64. The molecule has 1 saturated heterocycles. The van der Waals surface area contributed by atoms with E-state index in [1.807, 2.05) is 0 Å². The summed E-state index contributed by atoms with van der Waals surface area (Å²) in [6.07, 6.45) is 4.26. The smallest absolute Gasteiger partial charge is 0.306 e. The molecule has 0 aromatic carbocycles. The van der Waals surface area contributed by atoms with Crippen LogP contribution in [-0.4, -0.2) is 54.6 Å². The molecule has 4 rings (SSSR count). The van der Waals surface area contributed by atoms with E-state index in [1.54, 1.807) is 10.9 Å². The predicted molar refractivity (Wildman–Crippen MR) is 70.6 cm³/mol. The first-order chi connectivity index (χ1) is 10.3. The van der Waals surface area contributed by atoms with Crippen molar-refractivity contribution >= 4 is 17.0 Å². The van der Waals surface area contributed by atoms with Gasteiger partial charge in [0.25, 0.3) is 0 Å². The SMILES string of the molecule is OC[C@H]1O[C@@H](n2cnc3c([NH+]C4CC4)ncnc32)C[C@@H]1O. The molecule has 0 spiro atoms. The maximum atomic E-state index is 9.85. The third kappa shape index (κ3) is 2.30. The third-order valence-corrected chi connectivity index (χ3v) is 3.97. The summed E-state index contributed by atoms with van der Waals surface area (Å²) in [7, 11) is 0. The van der Waals surface area contributed by atoms with Crippen molar-refractivity contribution in [1.82, 2.24) is 19.5 Å². The first kappa shape index (κ1) is 13.1. The molecular formula is C13H17N5O3+. The standard InChI is InChI=1S/C13H17N5O3/c19-4-9-8(20)3-10(21-9)18-6-16-11-12(17-7-1-2-7)14-5-15-13(11)18/h5-10,17,19-20H,1-4H2/q+1/t8-,9+,10+/m0/s1. The van der Waals surface area contributed by atoms with Gasteiger partial charge in [-0.1, -0.05) is 0 Å². The van der Waals surface area contributed by atoms with E-state index in [2.05, 4.69) is 20.3 Å². The fourth-order valence-electron chi connectivity index (χ4n) is 2.64. The molecule has 3 heterocycles. The molecule has 0 bridgehead atoms. The van der Waals surface area contributed by atoms with Crippen molar-refractivity contribution in [3.8, 4) is 0 Å². The first-order valence-corrected chi connectivity index (χ1v) is 7.14. The Labute approximate surface area is 120 Å². The van der Waals surface area contributed by atoms with E-state index < -0.39 is 12.2 Å². The van der Waals surface area contributed by atoms with Gasteiger partial charge in [-0.15, -0.1) is 5.32 Å². The monoisotopic (exact) mass is 291 g/mol. The molecule has 3 N–H and O–H groups in total. The molecule has 0 amide bonds. The van der Waals surface area contributed by atoms with Crippen molar-refractivity contribution < 1.29 is 20.3 Å². The van der Waals surface area contributed by atoms with E-state index in [0.29, 0.717) is 23.6 Å². The largest absolute Gasteiger partial charge is 0.394 e. The van der Waals surface area contributed by atoms with E-state index in [-0.39, 0.29) is 12.8 Å². The van der Waals surface area contributed by atoms with E-state index in [0.717, 1.165) is 18.7 Å². The Balaban J connectivity index is 1.67. The molecule has 2 aromatic rings. The van der Waals surface area contributed by atoms with Crippen LogP contribution in [0.1, 0.15) is 25.5 Å². The van der Waals surface area contributed by atoms with Gasteiger partial charge in [-0.05, 0) is 0 Å². The zero-order valence-electron chi connectivity index (χ0n) is 11.4. The zero-order chi connectivity index (χ0) is 14.4. The van der Waals surface area contributed by atoms with Crippen LogP contribution in [0, 0.1) is 0 Å². The highest BCUT2D eigenvalue weighted by Crippen LogP contribution is 2.31. The van der Waals surface area contributed by atoms with Crippen molar-refractivity contribution in [3.63, 3.8) is 0 Å². The van der Waals surface area contributed by atoms with Crippen LogP contribution < -0.4 is 5.32 Å². The lowest BCUT2D eigenvalue weighted by Crippen LogP contribution is -2.80. The van der Waals surface area contributed by atoms with Gasteiger partial charge in [0, 0.05) is 19.3 Å². The molecular weight excluding hydrogens is 274 g/mol. The molecule has 3 atom stereocenters. The average molecular weight is 291 g/mol. The Bertz CT molecular complexity index is 656. The lowest BCUT2D eigenvalue weighted by Gasteiger charge is -2.13. The summed E-state index contributed by atoms with van der Waals surface area (Å²) in [5.74, 6) is 0.735. The number of anilines is 1. The van der Waals surface area contributed by atoms with E-state index >= 15 is 0 Å². The van der Waals surface area contributed by atoms with Gasteiger partial charge in [0.1, 0.15) is 24.7 Å². The minimum Gasteiger partial charge on any atom is -0.394 e. The van der Waals surface area contributed by atoms with Crippen molar-refractivity contribution in [2.75, 3.05) is 6.61 Å². The summed E-state index contributed by atoms with van der Waals surface area (Å²) in [6, 6.07) is 0.483. The number of aromatic nitrogens is 4. The van der Waals surface area contributed by atoms with Crippen LogP contribution in [0.2, 0.25) is 0 Å². The minimum absolute atomic E-state index is 0.201. The van der Waals surface area contributed by atoms with Gasteiger partial charge in [0.2, 0.25) is 0 Å². The molecule has 1 aliphatic heterocycles. The van der Waals surface area contributed by atoms with Crippen molar-refractivity contribution in [3.05, 3.63) is 12.7 Å². The number of aliphatic hydroxyl groups is 2. The number of nitrogens with one attached hydrogen (secondary N) is 1. The summed E-state index contributed by atoms with van der Waals surface area (Å²) in [4.78, 5) is 12.9. The highest BCUT2D eigenvalue weighted by molar-refractivity contribution is 5.78. The molecule has 1 radical (unpaired) electrons. The summed E-state index contributed by atoms with van der Waals surface area (Å²) < 4.78 is 7.44. The Kier molecular flexibility index (Phi) is 3.11. The Morgan fingerprint density at radius 1 is 1.33 bits per heavy atom. The van der Waals surface area contributed by atoms with Gasteiger partial charge < -0.3 is 14.9 Å². The topological polar surface area (TPSA) is 109 Å². The number of rotatable bonds is 4. The Morgan fingerprint density at radius 2 is 2.19 bits per heavy atom. The molecule has 1 aliphatic carbocycles. The number of aliphatic hydroxyl groups excluding tert-OH is 2. The van der Waals surface area contributed by atoms with Gasteiger partial charge in [-0.2, -0.15) is 4.98 Å². The number of fused-ring (bicyclic) bond motifs is 1. The molecule has 1 saturated carbocycles. The van der Waals surface area contributed by atoms with Crippen LogP contribution in [0.25, 0.3) is 11.2 Å². The van der Waals surface area contributed by atoms with Gasteiger partial charge >= 0.3 is 5.82 Å². The second-order valence-electron chi connectivity index (χ2n) is 5.58.